The number of ether oxygens (including phenoxy) is 1. The predicted molar refractivity (Wildman–Crippen MR) is 98.5 cm³/mol. The molecule has 1 aromatic heterocycles. The molecule has 3 rings (SSSR count). The van der Waals surface area contributed by atoms with Gasteiger partial charge < -0.3 is 24.4 Å². The minimum atomic E-state index is -0.199. The van der Waals surface area contributed by atoms with E-state index in [0.717, 1.165) is 18.7 Å². The molecule has 0 bridgehead atoms. The van der Waals surface area contributed by atoms with E-state index < -0.39 is 0 Å². The van der Waals surface area contributed by atoms with Gasteiger partial charge in [0.05, 0.1) is 5.69 Å². The van der Waals surface area contributed by atoms with Gasteiger partial charge in [0, 0.05) is 52.2 Å². The van der Waals surface area contributed by atoms with E-state index in [1.807, 2.05) is 17.8 Å². The largest absolute Gasteiger partial charge is 0.482 e. The van der Waals surface area contributed by atoms with Crippen molar-refractivity contribution in [2.75, 3.05) is 37.5 Å². The van der Waals surface area contributed by atoms with E-state index >= 15 is 0 Å². The van der Waals surface area contributed by atoms with Crippen LogP contribution >= 0.6 is 0 Å². The first-order valence-corrected chi connectivity index (χ1v) is 8.47. The number of likely N-dealkylation sites (N-methyl/N-ethyl adjacent to an activating group) is 1. The topological polar surface area (TPSA) is 79.7 Å². The molecule has 0 saturated carbocycles. The molecule has 1 N–H and O–H groups in total. The van der Waals surface area contributed by atoms with E-state index in [4.69, 9.17) is 4.74 Å². The smallest absolute Gasteiger partial charge is 0.321 e. The number of benzene rings is 1. The zero-order valence-corrected chi connectivity index (χ0v) is 15.2. The monoisotopic (exact) mass is 357 g/mol. The number of imidazole rings is 1. The summed E-state index contributed by atoms with van der Waals surface area (Å²) in [7, 11) is 5.41. The van der Waals surface area contributed by atoms with Crippen LogP contribution in [0, 0.1) is 0 Å². The number of hydrogen-bond donors (Lipinski definition) is 1. The van der Waals surface area contributed by atoms with E-state index in [9.17, 15) is 9.59 Å². The Hall–Kier alpha value is -3.03. The number of aromatic nitrogens is 2. The first kappa shape index (κ1) is 17.8. The molecule has 138 valence electrons. The third-order valence-electron chi connectivity index (χ3n) is 4.46. The molecule has 0 saturated heterocycles. The van der Waals surface area contributed by atoms with Crippen LogP contribution in [0.2, 0.25) is 0 Å². The normalized spacial score (nSPS) is 13.2. The molecule has 2 heterocycles. The van der Waals surface area contributed by atoms with Crippen LogP contribution in [-0.4, -0.2) is 53.6 Å². The lowest BCUT2D eigenvalue weighted by Gasteiger charge is -2.26. The van der Waals surface area contributed by atoms with E-state index in [-0.39, 0.29) is 18.5 Å². The number of carbonyl (C=O) groups is 2. The summed E-state index contributed by atoms with van der Waals surface area (Å²) in [4.78, 5) is 31.5. The summed E-state index contributed by atoms with van der Waals surface area (Å²) in [5.41, 5.74) is 1.27. The molecule has 0 radical (unpaired) electrons. The summed E-state index contributed by atoms with van der Waals surface area (Å²) in [5.74, 6) is 1.52. The molecular weight excluding hydrogens is 334 g/mol. The van der Waals surface area contributed by atoms with Crippen molar-refractivity contribution in [2.45, 2.75) is 12.8 Å². The molecule has 1 aliphatic heterocycles. The van der Waals surface area contributed by atoms with Crippen molar-refractivity contribution in [1.29, 1.82) is 0 Å². The molecule has 0 aliphatic carbocycles. The number of nitrogens with one attached hydrogen (secondary N) is 1. The van der Waals surface area contributed by atoms with Crippen molar-refractivity contribution in [1.82, 2.24) is 14.5 Å². The van der Waals surface area contributed by atoms with Gasteiger partial charge in [-0.1, -0.05) is 0 Å². The summed E-state index contributed by atoms with van der Waals surface area (Å²) in [6, 6.07) is 5.07. The van der Waals surface area contributed by atoms with Gasteiger partial charge in [-0.15, -0.1) is 0 Å². The van der Waals surface area contributed by atoms with Gasteiger partial charge >= 0.3 is 6.03 Å². The van der Waals surface area contributed by atoms with Crippen LogP contribution in [-0.2, 0) is 18.3 Å². The third-order valence-corrected chi connectivity index (χ3v) is 4.46. The average Bonchev–Trinajstić information content (AvgIpc) is 3.03. The lowest BCUT2D eigenvalue weighted by Crippen LogP contribution is -2.36. The lowest BCUT2D eigenvalue weighted by molar-refractivity contribution is -0.120. The number of aryl methyl sites for hydroxylation is 2. The van der Waals surface area contributed by atoms with Crippen molar-refractivity contribution in [2.24, 2.45) is 7.05 Å². The van der Waals surface area contributed by atoms with Crippen LogP contribution in [0.25, 0.3) is 0 Å². The van der Waals surface area contributed by atoms with Gasteiger partial charge in [0.15, 0.2) is 6.61 Å². The molecule has 8 heteroatoms. The highest BCUT2D eigenvalue weighted by Gasteiger charge is 2.22. The van der Waals surface area contributed by atoms with Crippen molar-refractivity contribution in [3.8, 4) is 5.75 Å². The Morgan fingerprint density at radius 3 is 2.92 bits per heavy atom. The maximum Gasteiger partial charge on any atom is 0.321 e. The van der Waals surface area contributed by atoms with Crippen molar-refractivity contribution < 1.29 is 14.3 Å². The van der Waals surface area contributed by atoms with Gasteiger partial charge in [-0.3, -0.25) is 4.79 Å². The van der Waals surface area contributed by atoms with Gasteiger partial charge in [-0.05, 0) is 24.6 Å². The fourth-order valence-corrected chi connectivity index (χ4v) is 2.78. The molecule has 1 aromatic carbocycles. The molecule has 0 atom stereocenters. The van der Waals surface area contributed by atoms with Crippen LogP contribution in [0.5, 0.6) is 5.75 Å². The van der Waals surface area contributed by atoms with E-state index in [1.165, 1.54) is 4.90 Å². The highest BCUT2D eigenvalue weighted by molar-refractivity contribution is 5.99. The molecule has 1 aliphatic rings. The summed E-state index contributed by atoms with van der Waals surface area (Å²) in [5, 5.41) is 2.85. The molecule has 2 aromatic rings. The van der Waals surface area contributed by atoms with Crippen LogP contribution in [0.4, 0.5) is 16.2 Å². The summed E-state index contributed by atoms with van der Waals surface area (Å²) in [6.45, 7) is 0.652. The average molecular weight is 357 g/mol. The van der Waals surface area contributed by atoms with Gasteiger partial charge in [-0.25, -0.2) is 9.78 Å². The van der Waals surface area contributed by atoms with Crippen molar-refractivity contribution in [3.63, 3.8) is 0 Å². The Bertz CT molecular complexity index is 817. The second-order valence-electron chi connectivity index (χ2n) is 6.33. The second-order valence-corrected chi connectivity index (χ2v) is 6.33. The second kappa shape index (κ2) is 7.47. The zero-order chi connectivity index (χ0) is 18.7. The summed E-state index contributed by atoms with van der Waals surface area (Å²) >= 11 is 0. The Labute approximate surface area is 152 Å². The number of hydrogen-bond acceptors (Lipinski definition) is 4. The SMILES string of the molecule is CN(CCCc1nccn1C)C(=O)Nc1ccc2c(c1)N(C)C(=O)CO2. The summed E-state index contributed by atoms with van der Waals surface area (Å²) in [6.07, 6.45) is 5.31. The molecule has 0 unspecified atom stereocenters. The van der Waals surface area contributed by atoms with E-state index in [2.05, 4.69) is 10.3 Å². The third kappa shape index (κ3) is 3.79. The minimum Gasteiger partial charge on any atom is -0.482 e. The lowest BCUT2D eigenvalue weighted by atomic mass is 10.2. The maximum absolute atomic E-state index is 12.4. The number of amides is 3. The summed E-state index contributed by atoms with van der Waals surface area (Å²) < 4.78 is 7.37. The first-order valence-electron chi connectivity index (χ1n) is 8.47. The fourth-order valence-electron chi connectivity index (χ4n) is 2.78. The number of carbonyl (C=O) groups excluding carboxylic acids is 2. The number of urea groups is 1. The Kier molecular flexibility index (Phi) is 5.11. The molecule has 3 amide bonds. The van der Waals surface area contributed by atoms with Gasteiger partial charge in [0.2, 0.25) is 0 Å². The number of fused-ring (bicyclic) bond motifs is 1. The highest BCUT2D eigenvalue weighted by Crippen LogP contribution is 2.33. The molecule has 8 nitrogen and oxygen atoms in total. The van der Waals surface area contributed by atoms with Crippen LogP contribution in [0.1, 0.15) is 12.2 Å². The number of anilines is 2. The Balaban J connectivity index is 1.55. The molecule has 26 heavy (non-hydrogen) atoms. The molecule has 0 spiro atoms. The van der Waals surface area contributed by atoms with Crippen LogP contribution < -0.4 is 15.0 Å². The number of nitrogens with zero attached hydrogens (tertiary/aromatic N) is 4. The fraction of sp³-hybridized carbons (Fsp3) is 0.389. The van der Waals surface area contributed by atoms with Crippen molar-refractivity contribution >= 4 is 23.3 Å². The Morgan fingerprint density at radius 1 is 1.38 bits per heavy atom. The first-order chi connectivity index (χ1) is 12.5. The maximum atomic E-state index is 12.4. The van der Waals surface area contributed by atoms with Crippen LogP contribution in [0.15, 0.2) is 30.6 Å². The highest BCUT2D eigenvalue weighted by atomic mass is 16.5. The number of rotatable bonds is 5. The minimum absolute atomic E-state index is 0.0357. The Morgan fingerprint density at radius 2 is 2.19 bits per heavy atom. The quantitative estimate of drug-likeness (QED) is 0.886. The van der Waals surface area contributed by atoms with Gasteiger partial charge in [0.1, 0.15) is 11.6 Å². The van der Waals surface area contributed by atoms with E-state index in [1.54, 1.807) is 43.4 Å². The van der Waals surface area contributed by atoms with Crippen LogP contribution in [0.3, 0.4) is 0 Å². The standard InChI is InChI=1S/C18H23N5O3/c1-21-10-8-19-16(21)5-4-9-22(2)18(25)20-13-6-7-15-14(11-13)23(3)17(24)12-26-15/h6-8,10-11H,4-5,9,12H2,1-3H3,(H,20,25). The molecule has 0 fully saturated rings. The van der Waals surface area contributed by atoms with Crippen molar-refractivity contribution in [3.05, 3.63) is 36.4 Å². The zero-order valence-electron chi connectivity index (χ0n) is 15.2. The van der Waals surface area contributed by atoms with Gasteiger partial charge in [-0.2, -0.15) is 0 Å². The van der Waals surface area contributed by atoms with Gasteiger partial charge in [0.25, 0.3) is 5.91 Å². The molecular formula is C18H23N5O3. The predicted octanol–water partition coefficient (Wildman–Crippen LogP) is 1.87. The van der Waals surface area contributed by atoms with E-state index in [0.29, 0.717) is 23.7 Å².